The topological polar surface area (TPSA) is 70.1 Å². The van der Waals surface area contributed by atoms with Gasteiger partial charge in [-0.05, 0) is 12.8 Å². The largest absolute Gasteiger partial charge is 0.451 e. The van der Waals surface area contributed by atoms with Crippen molar-refractivity contribution in [3.8, 4) is 0 Å². The number of aromatic nitrogens is 2. The van der Waals surface area contributed by atoms with Gasteiger partial charge in [-0.2, -0.15) is 13.2 Å². The number of aliphatic hydroxyl groups excluding tert-OH is 1. The first-order valence-corrected chi connectivity index (χ1v) is 6.96. The number of nitrogens with zero attached hydrogens (tertiary/aromatic N) is 2. The Labute approximate surface area is 121 Å². The van der Waals surface area contributed by atoms with Crippen LogP contribution >= 0.6 is 0 Å². The van der Waals surface area contributed by atoms with Crippen molar-refractivity contribution in [3.63, 3.8) is 0 Å². The Balaban J connectivity index is 2.08. The maximum atomic E-state index is 12.7. The van der Waals surface area contributed by atoms with Gasteiger partial charge in [0.05, 0.1) is 6.10 Å². The van der Waals surface area contributed by atoms with Crippen molar-refractivity contribution in [2.45, 2.75) is 38.0 Å². The van der Waals surface area contributed by atoms with Crippen LogP contribution in [0.3, 0.4) is 0 Å². The summed E-state index contributed by atoms with van der Waals surface area (Å²) in [6, 6.07) is 1.42. The molecule has 1 aromatic heterocycles. The highest BCUT2D eigenvalue weighted by molar-refractivity contribution is 5.47. The lowest BCUT2D eigenvalue weighted by molar-refractivity contribution is -0.144. The average molecular weight is 304 g/mol. The summed E-state index contributed by atoms with van der Waals surface area (Å²) in [5, 5.41) is 15.3. The average Bonchev–Trinajstić information content (AvgIpc) is 2.45. The zero-order valence-electron chi connectivity index (χ0n) is 11.7. The van der Waals surface area contributed by atoms with Crippen molar-refractivity contribution in [1.29, 1.82) is 0 Å². The van der Waals surface area contributed by atoms with Crippen LogP contribution in [-0.4, -0.2) is 34.8 Å². The van der Waals surface area contributed by atoms with Crippen molar-refractivity contribution in [2.24, 2.45) is 5.92 Å². The minimum atomic E-state index is -4.59. The second-order valence-electron chi connectivity index (χ2n) is 5.20. The second kappa shape index (κ2) is 6.46. The molecule has 0 saturated heterocycles. The van der Waals surface area contributed by atoms with Gasteiger partial charge in [-0.25, -0.2) is 9.97 Å². The Morgan fingerprint density at radius 2 is 1.90 bits per heavy atom. The summed E-state index contributed by atoms with van der Waals surface area (Å²) in [5.41, 5.74) is 0. The van der Waals surface area contributed by atoms with Crippen molar-refractivity contribution >= 4 is 11.6 Å². The molecule has 0 bridgehead atoms. The van der Waals surface area contributed by atoms with E-state index in [0.29, 0.717) is 6.54 Å². The van der Waals surface area contributed by atoms with Crippen LogP contribution in [0, 0.1) is 5.92 Å². The molecule has 0 spiro atoms. The van der Waals surface area contributed by atoms with E-state index in [1.807, 2.05) is 0 Å². The Hall–Kier alpha value is -1.57. The van der Waals surface area contributed by atoms with E-state index in [9.17, 15) is 18.3 Å². The molecule has 1 heterocycles. The molecule has 1 aliphatic rings. The summed E-state index contributed by atoms with van der Waals surface area (Å²) in [7, 11) is 1.50. The van der Waals surface area contributed by atoms with Crippen LogP contribution in [-0.2, 0) is 6.18 Å². The molecule has 2 atom stereocenters. The van der Waals surface area contributed by atoms with E-state index in [2.05, 4.69) is 20.6 Å². The predicted octanol–water partition coefficient (Wildman–Crippen LogP) is 2.50. The molecule has 3 N–H and O–H groups in total. The molecule has 1 aliphatic carbocycles. The van der Waals surface area contributed by atoms with Crippen LogP contribution in [0.5, 0.6) is 0 Å². The number of alkyl halides is 3. The first-order valence-electron chi connectivity index (χ1n) is 6.96. The van der Waals surface area contributed by atoms with Crippen molar-refractivity contribution in [2.75, 3.05) is 24.2 Å². The Morgan fingerprint density at radius 3 is 2.52 bits per heavy atom. The van der Waals surface area contributed by atoms with Crippen LogP contribution in [0.4, 0.5) is 24.8 Å². The maximum Gasteiger partial charge on any atom is 0.451 e. The summed E-state index contributed by atoms with van der Waals surface area (Å²) in [6.45, 7) is 0.401. The van der Waals surface area contributed by atoms with Crippen molar-refractivity contribution < 1.29 is 18.3 Å². The van der Waals surface area contributed by atoms with Gasteiger partial charge >= 0.3 is 6.18 Å². The van der Waals surface area contributed by atoms with Crippen LogP contribution in [0.1, 0.15) is 31.5 Å². The minimum absolute atomic E-state index is 0.0427. The van der Waals surface area contributed by atoms with E-state index in [4.69, 9.17) is 0 Å². The molecule has 2 rings (SSSR count). The van der Waals surface area contributed by atoms with Gasteiger partial charge < -0.3 is 15.7 Å². The molecule has 0 amide bonds. The molecule has 8 heteroatoms. The lowest BCUT2D eigenvalue weighted by Gasteiger charge is -2.27. The molecule has 21 heavy (non-hydrogen) atoms. The molecule has 0 radical (unpaired) electrons. The zero-order valence-corrected chi connectivity index (χ0v) is 11.7. The molecule has 1 saturated carbocycles. The quantitative estimate of drug-likeness (QED) is 0.797. The predicted molar refractivity (Wildman–Crippen MR) is 73.0 cm³/mol. The van der Waals surface area contributed by atoms with Crippen LogP contribution in [0.2, 0.25) is 0 Å². The molecule has 1 fully saturated rings. The number of aliphatic hydroxyl groups is 1. The van der Waals surface area contributed by atoms with Gasteiger partial charge in [-0.3, -0.25) is 0 Å². The fraction of sp³-hybridized carbons (Fsp3) is 0.692. The van der Waals surface area contributed by atoms with Gasteiger partial charge in [0.25, 0.3) is 0 Å². The van der Waals surface area contributed by atoms with Gasteiger partial charge in [0.2, 0.25) is 5.82 Å². The van der Waals surface area contributed by atoms with Gasteiger partial charge in [-0.1, -0.05) is 12.8 Å². The summed E-state index contributed by atoms with van der Waals surface area (Å²) in [5.74, 6) is -0.925. The highest BCUT2D eigenvalue weighted by Gasteiger charge is 2.35. The normalized spacial score (nSPS) is 22.9. The summed E-state index contributed by atoms with van der Waals surface area (Å²) < 4.78 is 38.2. The lowest BCUT2D eigenvalue weighted by Crippen LogP contribution is -2.30. The highest BCUT2D eigenvalue weighted by atomic mass is 19.4. The first kappa shape index (κ1) is 15.8. The third kappa shape index (κ3) is 4.20. The highest BCUT2D eigenvalue weighted by Crippen LogP contribution is 2.29. The number of nitrogens with one attached hydrogen (secondary N) is 2. The molecular formula is C13H19F3N4O. The molecule has 118 valence electrons. The Morgan fingerprint density at radius 1 is 1.24 bits per heavy atom. The molecule has 1 aromatic rings. The zero-order chi connectivity index (χ0) is 15.5. The molecular weight excluding hydrogens is 285 g/mol. The van der Waals surface area contributed by atoms with Crippen LogP contribution in [0.25, 0.3) is 0 Å². The standard InChI is InChI=1S/C13H19F3N4O/c1-17-10-6-11(20-12(19-10)13(14,15)16)18-7-8-4-2-3-5-9(8)21/h6,8-9,21H,2-5,7H2,1H3,(H2,17,18,19,20). The minimum Gasteiger partial charge on any atom is -0.393 e. The molecule has 0 aliphatic heterocycles. The van der Waals surface area contributed by atoms with E-state index < -0.39 is 18.1 Å². The third-order valence-electron chi connectivity index (χ3n) is 3.65. The summed E-state index contributed by atoms with van der Waals surface area (Å²) in [6.07, 6.45) is -1.36. The molecule has 2 unspecified atom stereocenters. The van der Waals surface area contributed by atoms with E-state index >= 15 is 0 Å². The van der Waals surface area contributed by atoms with E-state index in [1.165, 1.54) is 13.1 Å². The fourth-order valence-corrected chi connectivity index (χ4v) is 2.45. The number of hydrogen-bond donors (Lipinski definition) is 3. The molecule has 0 aromatic carbocycles. The molecule has 5 nitrogen and oxygen atoms in total. The van der Waals surface area contributed by atoms with Crippen LogP contribution < -0.4 is 10.6 Å². The fourth-order valence-electron chi connectivity index (χ4n) is 2.45. The van der Waals surface area contributed by atoms with E-state index in [1.54, 1.807) is 0 Å². The lowest BCUT2D eigenvalue weighted by atomic mass is 9.86. The van der Waals surface area contributed by atoms with Crippen molar-refractivity contribution in [3.05, 3.63) is 11.9 Å². The summed E-state index contributed by atoms with van der Waals surface area (Å²) >= 11 is 0. The monoisotopic (exact) mass is 304 g/mol. The van der Waals surface area contributed by atoms with Crippen molar-refractivity contribution in [1.82, 2.24) is 9.97 Å². The second-order valence-corrected chi connectivity index (χ2v) is 5.20. The SMILES string of the molecule is CNc1cc(NCC2CCCCC2O)nc(C(F)(F)F)n1. The van der Waals surface area contributed by atoms with Gasteiger partial charge in [-0.15, -0.1) is 0 Å². The number of anilines is 2. The van der Waals surface area contributed by atoms with Gasteiger partial charge in [0.1, 0.15) is 11.6 Å². The van der Waals surface area contributed by atoms with E-state index in [0.717, 1.165) is 25.7 Å². The first-order chi connectivity index (χ1) is 9.90. The number of rotatable bonds is 4. The summed E-state index contributed by atoms with van der Waals surface area (Å²) in [4.78, 5) is 6.89. The van der Waals surface area contributed by atoms with E-state index in [-0.39, 0.29) is 17.6 Å². The number of halogens is 3. The van der Waals surface area contributed by atoms with Gasteiger partial charge in [0, 0.05) is 25.6 Å². The smallest absolute Gasteiger partial charge is 0.393 e. The maximum absolute atomic E-state index is 12.7. The van der Waals surface area contributed by atoms with Crippen LogP contribution in [0.15, 0.2) is 6.07 Å². The third-order valence-corrected chi connectivity index (χ3v) is 3.65. The Kier molecular flexibility index (Phi) is 4.87. The van der Waals surface area contributed by atoms with Gasteiger partial charge in [0.15, 0.2) is 0 Å². The number of hydrogen-bond acceptors (Lipinski definition) is 5. The Bertz CT molecular complexity index is 481.